The second kappa shape index (κ2) is 7.88. The molecule has 0 N–H and O–H groups in total. The van der Waals surface area contributed by atoms with Gasteiger partial charge in [-0.25, -0.2) is 4.57 Å². The molecule has 0 unspecified atom stereocenters. The molecule has 0 aliphatic rings. The number of para-hydroxylation sites is 1. The molecule has 0 spiro atoms. The molecule has 1 heterocycles. The highest BCUT2D eigenvalue weighted by atomic mass is 15.1. The minimum Gasteiger partial charge on any atom is -0.234 e. The number of rotatable bonds is 8. The Morgan fingerprint density at radius 2 is 1.75 bits per heavy atom. The van der Waals surface area contributed by atoms with Crippen LogP contribution < -0.4 is 4.57 Å². The van der Waals surface area contributed by atoms with Crippen molar-refractivity contribution in [1.82, 2.24) is 4.57 Å². The third kappa shape index (κ3) is 3.72. The molecule has 2 rings (SSSR count). The largest absolute Gasteiger partial charge is 0.261 e. The van der Waals surface area contributed by atoms with Crippen molar-refractivity contribution in [2.45, 2.75) is 58.9 Å². The monoisotopic (exact) mass is 271 g/mol. The predicted octanol–water partition coefficient (Wildman–Crippen LogP) is 4.30. The summed E-state index contributed by atoms with van der Waals surface area (Å²) in [6, 6.07) is 10.7. The van der Waals surface area contributed by atoms with Crippen LogP contribution in [-0.2, 0) is 13.0 Å². The number of hydrogen-bond donors (Lipinski definition) is 0. The van der Waals surface area contributed by atoms with Crippen molar-refractivity contribution in [2.24, 2.45) is 0 Å². The molecule has 0 radical (unpaired) electrons. The molecular weight excluding hydrogens is 244 g/mol. The zero-order valence-corrected chi connectivity index (χ0v) is 12.9. The average molecular weight is 271 g/mol. The maximum Gasteiger partial charge on any atom is 0.261 e. The van der Waals surface area contributed by atoms with Gasteiger partial charge in [-0.05, 0) is 31.4 Å². The van der Waals surface area contributed by atoms with Gasteiger partial charge in [0.15, 0.2) is 0 Å². The van der Waals surface area contributed by atoms with E-state index in [1.165, 1.54) is 43.6 Å². The van der Waals surface area contributed by atoms with Gasteiger partial charge in [-0.1, -0.05) is 44.9 Å². The third-order valence-electron chi connectivity index (χ3n) is 3.77. The molecule has 108 valence electrons. The fourth-order valence-electron chi connectivity index (χ4n) is 2.68. The first-order valence-corrected chi connectivity index (χ1v) is 8.02. The molecule has 1 aromatic heterocycles. The lowest BCUT2D eigenvalue weighted by Gasteiger charge is -2.04. The van der Waals surface area contributed by atoms with Crippen LogP contribution in [-0.4, -0.2) is 4.57 Å². The maximum atomic E-state index is 2.44. The van der Waals surface area contributed by atoms with Gasteiger partial charge >= 0.3 is 0 Å². The van der Waals surface area contributed by atoms with E-state index in [1.54, 1.807) is 0 Å². The van der Waals surface area contributed by atoms with Crippen LogP contribution in [0, 0.1) is 0 Å². The quantitative estimate of drug-likeness (QED) is 0.500. The topological polar surface area (TPSA) is 8.81 Å². The Kier molecular flexibility index (Phi) is 5.85. The van der Waals surface area contributed by atoms with Crippen LogP contribution >= 0.6 is 0 Å². The highest BCUT2D eigenvalue weighted by Gasteiger charge is 2.17. The molecule has 2 heteroatoms. The van der Waals surface area contributed by atoms with E-state index in [-0.39, 0.29) is 0 Å². The lowest BCUT2D eigenvalue weighted by Crippen LogP contribution is -2.37. The average Bonchev–Trinajstić information content (AvgIpc) is 2.88. The summed E-state index contributed by atoms with van der Waals surface area (Å²) in [4.78, 5) is 0. The first-order chi connectivity index (χ1) is 9.86. The van der Waals surface area contributed by atoms with Gasteiger partial charge in [-0.15, -0.1) is 0 Å². The van der Waals surface area contributed by atoms with Crippen molar-refractivity contribution in [3.63, 3.8) is 0 Å². The molecule has 1 aromatic carbocycles. The first kappa shape index (κ1) is 14.8. The highest BCUT2D eigenvalue weighted by molar-refractivity contribution is 5.31. The van der Waals surface area contributed by atoms with Crippen LogP contribution in [0.3, 0.4) is 0 Å². The van der Waals surface area contributed by atoms with Crippen LogP contribution in [0.15, 0.2) is 42.7 Å². The fourth-order valence-corrected chi connectivity index (χ4v) is 2.68. The van der Waals surface area contributed by atoms with Crippen molar-refractivity contribution in [2.75, 3.05) is 0 Å². The molecule has 0 aliphatic carbocycles. The Morgan fingerprint density at radius 1 is 0.950 bits per heavy atom. The summed E-state index contributed by atoms with van der Waals surface area (Å²) in [6.07, 6.45) is 12.0. The molecule has 0 amide bonds. The number of unbranched alkanes of at least 4 members (excludes halogenated alkanes) is 3. The van der Waals surface area contributed by atoms with E-state index in [2.05, 4.69) is 65.7 Å². The molecule has 0 saturated carbocycles. The minimum absolute atomic E-state index is 1.13. The fraction of sp³-hybridized carbons (Fsp3) is 0.500. The van der Waals surface area contributed by atoms with Gasteiger partial charge in [-0.3, -0.25) is 0 Å². The van der Waals surface area contributed by atoms with E-state index in [9.17, 15) is 0 Å². The number of aromatic nitrogens is 2. The number of aryl methyl sites for hydroxylation is 1. The van der Waals surface area contributed by atoms with E-state index >= 15 is 0 Å². The summed E-state index contributed by atoms with van der Waals surface area (Å²) >= 11 is 0. The molecule has 20 heavy (non-hydrogen) atoms. The summed E-state index contributed by atoms with van der Waals surface area (Å²) in [5, 5.41) is 0. The van der Waals surface area contributed by atoms with Crippen molar-refractivity contribution >= 4 is 0 Å². The second-order valence-electron chi connectivity index (χ2n) is 5.42. The van der Waals surface area contributed by atoms with E-state index < -0.39 is 0 Å². The Balaban J connectivity index is 2.15. The summed E-state index contributed by atoms with van der Waals surface area (Å²) in [7, 11) is 0. The number of benzene rings is 1. The normalized spacial score (nSPS) is 10.9. The minimum atomic E-state index is 1.13. The van der Waals surface area contributed by atoms with Crippen LogP contribution in [0.4, 0.5) is 0 Å². The van der Waals surface area contributed by atoms with Crippen molar-refractivity contribution in [3.8, 4) is 5.69 Å². The number of nitrogens with zero attached hydrogens (tertiary/aromatic N) is 2. The lowest BCUT2D eigenvalue weighted by atomic mass is 10.2. The third-order valence-corrected chi connectivity index (χ3v) is 3.77. The number of hydrogen-bond acceptors (Lipinski definition) is 0. The first-order valence-electron chi connectivity index (χ1n) is 8.02. The maximum absolute atomic E-state index is 2.44. The predicted molar refractivity (Wildman–Crippen MR) is 84.1 cm³/mol. The Bertz CT molecular complexity index is 499. The molecular formula is C18H27N2+. The van der Waals surface area contributed by atoms with Crippen molar-refractivity contribution in [1.29, 1.82) is 0 Å². The zero-order valence-electron chi connectivity index (χ0n) is 12.9. The van der Waals surface area contributed by atoms with Crippen LogP contribution in [0.1, 0.15) is 51.8 Å². The van der Waals surface area contributed by atoms with Crippen molar-refractivity contribution in [3.05, 3.63) is 48.5 Å². The van der Waals surface area contributed by atoms with Crippen LogP contribution in [0.25, 0.3) is 5.69 Å². The Labute approximate surface area is 123 Å². The molecule has 2 aromatic rings. The molecule has 0 aliphatic heterocycles. The molecule has 0 bridgehead atoms. The van der Waals surface area contributed by atoms with Gasteiger partial charge in [0.2, 0.25) is 0 Å². The van der Waals surface area contributed by atoms with E-state index in [0.29, 0.717) is 0 Å². The molecule has 0 atom stereocenters. The zero-order chi connectivity index (χ0) is 14.2. The Morgan fingerprint density at radius 3 is 2.45 bits per heavy atom. The van der Waals surface area contributed by atoms with Gasteiger partial charge in [0.05, 0.1) is 6.54 Å². The van der Waals surface area contributed by atoms with Gasteiger partial charge in [0.25, 0.3) is 5.82 Å². The summed E-state index contributed by atoms with van der Waals surface area (Å²) in [5.41, 5.74) is 1.27. The molecule has 0 fully saturated rings. The van der Waals surface area contributed by atoms with E-state index in [0.717, 1.165) is 13.0 Å². The molecule has 0 saturated heterocycles. The van der Waals surface area contributed by atoms with Gasteiger partial charge in [0, 0.05) is 6.42 Å². The highest BCUT2D eigenvalue weighted by Crippen LogP contribution is 2.11. The van der Waals surface area contributed by atoms with Crippen LogP contribution in [0.5, 0.6) is 0 Å². The second-order valence-corrected chi connectivity index (χ2v) is 5.42. The van der Waals surface area contributed by atoms with E-state index in [1.807, 2.05) is 0 Å². The SMILES string of the molecule is CCCCCC[n+]1ccn(-c2ccccc2)c1CCC. The standard InChI is InChI=1S/C18H27N2/c1-3-5-6-10-14-19-15-16-20(18(19)11-4-2)17-12-8-7-9-13-17/h7-9,12-13,15-16H,3-6,10-11,14H2,1-2H3/q+1. The summed E-state index contributed by atoms with van der Waals surface area (Å²) in [5.74, 6) is 1.43. The van der Waals surface area contributed by atoms with E-state index in [4.69, 9.17) is 0 Å². The Hall–Kier alpha value is -1.57. The van der Waals surface area contributed by atoms with Gasteiger partial charge < -0.3 is 0 Å². The lowest BCUT2D eigenvalue weighted by molar-refractivity contribution is -0.704. The molecule has 2 nitrogen and oxygen atoms in total. The summed E-state index contributed by atoms with van der Waals surface area (Å²) < 4.78 is 4.77. The van der Waals surface area contributed by atoms with Gasteiger partial charge in [-0.2, -0.15) is 4.57 Å². The number of imidazole rings is 1. The van der Waals surface area contributed by atoms with Crippen LogP contribution in [0.2, 0.25) is 0 Å². The smallest absolute Gasteiger partial charge is 0.234 e. The van der Waals surface area contributed by atoms with Crippen molar-refractivity contribution < 1.29 is 4.57 Å². The summed E-state index contributed by atoms with van der Waals surface area (Å²) in [6.45, 7) is 5.67. The van der Waals surface area contributed by atoms with Gasteiger partial charge in [0.1, 0.15) is 18.1 Å².